The van der Waals surface area contributed by atoms with Crippen LogP contribution in [-0.2, 0) is 7.05 Å². The van der Waals surface area contributed by atoms with E-state index in [1.165, 1.54) is 0 Å². The van der Waals surface area contributed by atoms with Crippen molar-refractivity contribution in [3.63, 3.8) is 0 Å². The zero-order chi connectivity index (χ0) is 20.3. The predicted molar refractivity (Wildman–Crippen MR) is 131 cm³/mol. The Hall–Kier alpha value is -2.40. The van der Waals surface area contributed by atoms with Crippen LogP contribution in [0.25, 0.3) is 23.1 Å². The number of benzene rings is 2. The molecule has 6 heteroatoms. The molecule has 1 atom stereocenters. The van der Waals surface area contributed by atoms with Gasteiger partial charge in [0, 0.05) is 17.8 Å². The van der Waals surface area contributed by atoms with Crippen LogP contribution in [0.3, 0.4) is 0 Å². The molecule has 1 aromatic heterocycles. The number of para-hydroxylation sites is 1. The van der Waals surface area contributed by atoms with Gasteiger partial charge in [-0.2, -0.15) is 4.57 Å². The monoisotopic (exact) mass is 446 g/mol. The third-order valence-electron chi connectivity index (χ3n) is 4.94. The second kappa shape index (κ2) is 11.1. The molecule has 0 spiro atoms. The van der Waals surface area contributed by atoms with Crippen molar-refractivity contribution >= 4 is 59.3 Å². The van der Waals surface area contributed by atoms with Crippen molar-refractivity contribution in [2.45, 2.75) is 26.3 Å². The van der Waals surface area contributed by atoms with Crippen LogP contribution < -0.4 is 16.0 Å². The number of aryl methyl sites for hydroxylation is 1. The van der Waals surface area contributed by atoms with E-state index in [1.807, 2.05) is 72.3 Å². The minimum atomic E-state index is -0.499. The van der Waals surface area contributed by atoms with Crippen molar-refractivity contribution in [2.75, 3.05) is 5.73 Å². The van der Waals surface area contributed by atoms with Crippen LogP contribution in [-0.4, -0.2) is 11.8 Å². The number of rotatable bonds is 6. The van der Waals surface area contributed by atoms with Gasteiger partial charge < -0.3 is 11.5 Å². The molecule has 0 bridgehead atoms. The maximum Gasteiger partial charge on any atom is 0.251 e. The van der Waals surface area contributed by atoms with Crippen LogP contribution in [0.5, 0.6) is 0 Å². The summed E-state index contributed by atoms with van der Waals surface area (Å²) in [6.45, 7) is 4.16. The number of fused-ring (bicyclic) bond motifs is 1. The Morgan fingerprint density at radius 1 is 1.03 bits per heavy atom. The summed E-state index contributed by atoms with van der Waals surface area (Å²) in [5.74, 6) is 0.346. The first-order chi connectivity index (χ1) is 13.4. The van der Waals surface area contributed by atoms with E-state index in [4.69, 9.17) is 11.5 Å². The number of carbonyl (C=O) groups is 1. The zero-order valence-corrected chi connectivity index (χ0v) is 19.2. The van der Waals surface area contributed by atoms with Gasteiger partial charge in [0.2, 0.25) is 11.3 Å². The van der Waals surface area contributed by atoms with E-state index < -0.39 is 6.04 Å². The Morgan fingerprint density at radius 2 is 1.67 bits per heavy atom. The van der Waals surface area contributed by atoms with Crippen molar-refractivity contribution in [1.29, 1.82) is 0 Å². The molecular formula is C24H30Cl2N3O+. The lowest BCUT2D eigenvalue weighted by atomic mass is 9.97. The molecule has 1 heterocycles. The Balaban J connectivity index is 0.00000225. The number of halogens is 2. The Morgan fingerprint density at radius 3 is 2.30 bits per heavy atom. The van der Waals surface area contributed by atoms with E-state index in [9.17, 15) is 4.79 Å². The molecule has 4 N–H and O–H groups in total. The molecule has 2 aromatic carbocycles. The highest BCUT2D eigenvalue weighted by molar-refractivity contribution is 6.00. The summed E-state index contributed by atoms with van der Waals surface area (Å²) in [6, 6.07) is 17.2. The van der Waals surface area contributed by atoms with Gasteiger partial charge in [-0.15, -0.1) is 24.8 Å². The molecule has 0 aliphatic heterocycles. The molecule has 0 saturated heterocycles. The number of nitrogens with two attached hydrogens (primary N) is 2. The lowest BCUT2D eigenvalue weighted by Crippen LogP contribution is -2.43. The number of Topliss-reactive ketones (excluding diaryl/α,β-unsaturated/α-hetero) is 1. The fourth-order valence-electron chi connectivity index (χ4n) is 3.43. The smallest absolute Gasteiger partial charge is 0.251 e. The first-order valence-electron chi connectivity index (χ1n) is 9.62. The predicted octanol–water partition coefficient (Wildman–Crippen LogP) is 4.82. The number of hydrogen-bond acceptors (Lipinski definition) is 3. The van der Waals surface area contributed by atoms with Gasteiger partial charge in [-0.25, -0.2) is 0 Å². The SMILES string of the molecule is CC(C)CC(N)C(=O)c1cc(C=Cc2ccc(N)cc2)c2ccccc2[n+]1C.Cl.Cl. The quantitative estimate of drug-likeness (QED) is 0.323. The first-order valence-corrected chi connectivity index (χ1v) is 9.62. The summed E-state index contributed by atoms with van der Waals surface area (Å²) >= 11 is 0. The highest BCUT2D eigenvalue weighted by atomic mass is 35.5. The Kier molecular flexibility index (Phi) is 9.50. The van der Waals surface area contributed by atoms with E-state index in [0.717, 1.165) is 27.7 Å². The molecule has 4 nitrogen and oxygen atoms in total. The number of carbonyl (C=O) groups excluding carboxylic acids is 1. The van der Waals surface area contributed by atoms with Crippen LogP contribution in [0.4, 0.5) is 5.69 Å². The van der Waals surface area contributed by atoms with Crippen LogP contribution >= 0.6 is 24.8 Å². The number of hydrogen-bond donors (Lipinski definition) is 2. The maximum atomic E-state index is 13.0. The first kappa shape index (κ1) is 25.6. The molecule has 0 fully saturated rings. The van der Waals surface area contributed by atoms with E-state index in [1.54, 1.807) is 0 Å². The molecule has 0 radical (unpaired) electrons. The average molecular weight is 447 g/mol. The number of ketones is 1. The van der Waals surface area contributed by atoms with Gasteiger partial charge in [-0.05, 0) is 41.7 Å². The summed E-state index contributed by atoms with van der Waals surface area (Å²) in [5.41, 5.74) is 16.4. The number of pyridine rings is 1. The fraction of sp³-hybridized carbons (Fsp3) is 0.250. The van der Waals surface area contributed by atoms with E-state index in [0.29, 0.717) is 18.0 Å². The summed E-state index contributed by atoms with van der Waals surface area (Å²) in [6.07, 6.45) is 4.74. The summed E-state index contributed by atoms with van der Waals surface area (Å²) in [5, 5.41) is 1.09. The van der Waals surface area contributed by atoms with Gasteiger partial charge >= 0.3 is 0 Å². The molecule has 3 aromatic rings. The van der Waals surface area contributed by atoms with Crippen molar-refractivity contribution in [1.82, 2.24) is 0 Å². The Bertz CT molecular complexity index is 1030. The standard InChI is InChI=1S/C24H27N3O.2ClH/c1-16(2)14-21(26)24(28)23-15-18(11-8-17-9-12-19(25)13-10-17)20-6-4-5-7-22(20)27(23)3;;/h4-13,15-16,21,25H,14,26H2,1-3H3;2*1H/p+1. The second-order valence-corrected chi connectivity index (χ2v) is 7.66. The van der Waals surface area contributed by atoms with Crippen LogP contribution in [0, 0.1) is 5.92 Å². The second-order valence-electron chi connectivity index (χ2n) is 7.66. The largest absolute Gasteiger partial charge is 0.399 e. The Labute approximate surface area is 190 Å². The number of anilines is 1. The fourth-order valence-corrected chi connectivity index (χ4v) is 3.43. The molecule has 0 saturated carbocycles. The van der Waals surface area contributed by atoms with E-state index in [-0.39, 0.29) is 30.6 Å². The zero-order valence-electron chi connectivity index (χ0n) is 17.5. The van der Waals surface area contributed by atoms with Crippen LogP contribution in [0.15, 0.2) is 54.6 Å². The summed E-state index contributed by atoms with van der Waals surface area (Å²) < 4.78 is 1.94. The normalized spacial score (nSPS) is 11.9. The van der Waals surface area contributed by atoms with E-state index in [2.05, 4.69) is 19.9 Å². The van der Waals surface area contributed by atoms with Gasteiger partial charge in [0.15, 0.2) is 0 Å². The van der Waals surface area contributed by atoms with Gasteiger partial charge in [-0.1, -0.05) is 50.3 Å². The molecule has 3 rings (SSSR count). The topological polar surface area (TPSA) is 73.0 Å². The summed E-state index contributed by atoms with van der Waals surface area (Å²) in [4.78, 5) is 13.0. The molecule has 160 valence electrons. The van der Waals surface area contributed by atoms with Gasteiger partial charge in [0.1, 0.15) is 7.05 Å². The van der Waals surface area contributed by atoms with Crippen molar-refractivity contribution < 1.29 is 9.36 Å². The molecule has 1 unspecified atom stereocenters. The highest BCUT2D eigenvalue weighted by Gasteiger charge is 2.26. The third-order valence-corrected chi connectivity index (χ3v) is 4.94. The molecular weight excluding hydrogens is 417 g/mol. The van der Waals surface area contributed by atoms with Gasteiger partial charge in [0.25, 0.3) is 5.69 Å². The van der Waals surface area contributed by atoms with Crippen molar-refractivity contribution in [3.05, 3.63) is 71.4 Å². The molecule has 30 heavy (non-hydrogen) atoms. The summed E-state index contributed by atoms with van der Waals surface area (Å²) in [7, 11) is 1.92. The molecule has 0 amide bonds. The van der Waals surface area contributed by atoms with Crippen LogP contribution in [0.1, 0.15) is 41.9 Å². The van der Waals surface area contributed by atoms with Gasteiger partial charge in [0.05, 0.1) is 11.4 Å². The van der Waals surface area contributed by atoms with E-state index >= 15 is 0 Å². The average Bonchev–Trinajstić information content (AvgIpc) is 2.68. The van der Waals surface area contributed by atoms with Crippen molar-refractivity contribution in [2.24, 2.45) is 18.7 Å². The number of nitrogens with zero attached hydrogens (tertiary/aromatic N) is 1. The minimum absolute atomic E-state index is 0. The van der Waals surface area contributed by atoms with Crippen LogP contribution in [0.2, 0.25) is 0 Å². The molecule has 0 aliphatic carbocycles. The molecule has 0 aliphatic rings. The van der Waals surface area contributed by atoms with Gasteiger partial charge in [-0.3, -0.25) is 4.79 Å². The lowest BCUT2D eigenvalue weighted by Gasteiger charge is -2.13. The highest BCUT2D eigenvalue weighted by Crippen LogP contribution is 2.21. The van der Waals surface area contributed by atoms with Crippen molar-refractivity contribution in [3.8, 4) is 0 Å². The number of aromatic nitrogens is 1. The minimum Gasteiger partial charge on any atom is -0.399 e. The third kappa shape index (κ3) is 5.82. The maximum absolute atomic E-state index is 13.0. The number of nitrogen functional groups attached to an aromatic ring is 1. The lowest BCUT2D eigenvalue weighted by molar-refractivity contribution is -0.647.